The number of furan rings is 1. The number of nitrogens with zero attached hydrogens (tertiary/aromatic N) is 1. The van der Waals surface area contributed by atoms with Gasteiger partial charge < -0.3 is 4.42 Å². The van der Waals surface area contributed by atoms with Crippen LogP contribution in [0.1, 0.15) is 16.5 Å². The van der Waals surface area contributed by atoms with Gasteiger partial charge >= 0.3 is 0 Å². The molecule has 0 fully saturated rings. The number of alkyl halides is 1. The Morgan fingerprint density at radius 3 is 3.08 bits per heavy atom. The maximum absolute atomic E-state index is 5.64. The van der Waals surface area contributed by atoms with E-state index in [-0.39, 0.29) is 0 Å². The van der Waals surface area contributed by atoms with E-state index in [2.05, 4.69) is 4.98 Å². The van der Waals surface area contributed by atoms with Crippen molar-refractivity contribution in [2.75, 3.05) is 0 Å². The lowest BCUT2D eigenvalue weighted by molar-refractivity contribution is 0.520. The lowest BCUT2D eigenvalue weighted by Crippen LogP contribution is -1.85. The SMILES string of the molecule is ClCc1csc(Cc2ccco2)n1. The molecule has 4 heteroatoms. The Morgan fingerprint density at radius 1 is 1.54 bits per heavy atom. The molecule has 2 heterocycles. The van der Waals surface area contributed by atoms with Crippen LogP contribution < -0.4 is 0 Å². The number of aromatic nitrogens is 1. The van der Waals surface area contributed by atoms with Gasteiger partial charge in [-0.05, 0) is 12.1 Å². The predicted octanol–water partition coefficient (Wildman–Crippen LogP) is 3.07. The Kier molecular flexibility index (Phi) is 2.66. The first-order chi connectivity index (χ1) is 6.38. The van der Waals surface area contributed by atoms with Crippen LogP contribution in [-0.4, -0.2) is 4.98 Å². The van der Waals surface area contributed by atoms with E-state index in [1.54, 1.807) is 17.6 Å². The number of halogens is 1. The summed E-state index contributed by atoms with van der Waals surface area (Å²) in [6.07, 6.45) is 2.43. The summed E-state index contributed by atoms with van der Waals surface area (Å²) in [5.41, 5.74) is 0.938. The number of rotatable bonds is 3. The quantitative estimate of drug-likeness (QED) is 0.733. The van der Waals surface area contributed by atoms with Crippen LogP contribution in [0.5, 0.6) is 0 Å². The molecule has 2 aromatic rings. The zero-order valence-electron chi connectivity index (χ0n) is 6.87. The van der Waals surface area contributed by atoms with Gasteiger partial charge in [0.1, 0.15) is 10.8 Å². The van der Waals surface area contributed by atoms with Crippen molar-refractivity contribution in [2.24, 2.45) is 0 Å². The fourth-order valence-electron chi connectivity index (χ4n) is 1.05. The summed E-state index contributed by atoms with van der Waals surface area (Å²) in [6.45, 7) is 0. The van der Waals surface area contributed by atoms with Crippen LogP contribution >= 0.6 is 22.9 Å². The van der Waals surface area contributed by atoms with Crippen molar-refractivity contribution < 1.29 is 4.42 Å². The van der Waals surface area contributed by atoms with Gasteiger partial charge in [0.15, 0.2) is 0 Å². The molecule has 68 valence electrons. The van der Waals surface area contributed by atoms with Crippen molar-refractivity contribution in [3.8, 4) is 0 Å². The van der Waals surface area contributed by atoms with Gasteiger partial charge in [-0.15, -0.1) is 22.9 Å². The van der Waals surface area contributed by atoms with E-state index in [0.717, 1.165) is 22.9 Å². The fourth-order valence-corrected chi connectivity index (χ4v) is 2.09. The van der Waals surface area contributed by atoms with Gasteiger partial charge in [-0.25, -0.2) is 4.98 Å². The Bertz CT molecular complexity index is 369. The Morgan fingerprint density at radius 2 is 2.46 bits per heavy atom. The largest absolute Gasteiger partial charge is 0.469 e. The van der Waals surface area contributed by atoms with E-state index in [1.807, 2.05) is 17.5 Å². The van der Waals surface area contributed by atoms with Crippen molar-refractivity contribution in [3.63, 3.8) is 0 Å². The third kappa shape index (κ3) is 2.11. The summed E-state index contributed by atoms with van der Waals surface area (Å²) in [5.74, 6) is 1.42. The van der Waals surface area contributed by atoms with E-state index in [1.165, 1.54) is 0 Å². The molecule has 0 aliphatic heterocycles. The highest BCUT2D eigenvalue weighted by Gasteiger charge is 2.03. The first kappa shape index (κ1) is 8.78. The van der Waals surface area contributed by atoms with E-state index >= 15 is 0 Å². The smallest absolute Gasteiger partial charge is 0.110 e. The summed E-state index contributed by atoms with van der Waals surface area (Å²) in [7, 11) is 0. The van der Waals surface area contributed by atoms with E-state index < -0.39 is 0 Å². The lowest BCUT2D eigenvalue weighted by Gasteiger charge is -1.89. The van der Waals surface area contributed by atoms with Crippen LogP contribution in [0.3, 0.4) is 0 Å². The van der Waals surface area contributed by atoms with Gasteiger partial charge in [-0.2, -0.15) is 0 Å². The Balaban J connectivity index is 2.10. The number of hydrogen-bond donors (Lipinski definition) is 0. The minimum absolute atomic E-state index is 0.481. The third-order valence-corrected chi connectivity index (χ3v) is 2.81. The van der Waals surface area contributed by atoms with Crippen LogP contribution in [0.25, 0.3) is 0 Å². The molecule has 0 amide bonds. The van der Waals surface area contributed by atoms with Gasteiger partial charge in [-0.1, -0.05) is 0 Å². The van der Waals surface area contributed by atoms with Gasteiger partial charge in [0, 0.05) is 5.38 Å². The summed E-state index contributed by atoms with van der Waals surface area (Å²) in [4.78, 5) is 4.33. The van der Waals surface area contributed by atoms with Crippen LogP contribution in [0.2, 0.25) is 0 Å². The molecule has 2 aromatic heterocycles. The molecule has 0 saturated heterocycles. The third-order valence-electron chi connectivity index (χ3n) is 1.64. The van der Waals surface area contributed by atoms with E-state index in [9.17, 15) is 0 Å². The summed E-state index contributed by atoms with van der Waals surface area (Å²) in [5, 5.41) is 3.02. The molecule has 0 aliphatic carbocycles. The van der Waals surface area contributed by atoms with Gasteiger partial charge in [0.25, 0.3) is 0 Å². The Hall–Kier alpha value is -0.800. The molecular formula is C9H8ClNOS. The van der Waals surface area contributed by atoms with Crippen molar-refractivity contribution >= 4 is 22.9 Å². The van der Waals surface area contributed by atoms with Crippen molar-refractivity contribution in [1.82, 2.24) is 4.98 Å². The molecule has 0 bridgehead atoms. The van der Waals surface area contributed by atoms with Crippen LogP contribution in [0, 0.1) is 0 Å². The van der Waals surface area contributed by atoms with Crippen molar-refractivity contribution in [3.05, 3.63) is 40.2 Å². The monoisotopic (exact) mass is 213 g/mol. The average Bonchev–Trinajstić information content (AvgIpc) is 2.76. The summed E-state index contributed by atoms with van der Waals surface area (Å²) < 4.78 is 5.21. The first-order valence-corrected chi connectivity index (χ1v) is 5.31. The second kappa shape index (κ2) is 3.94. The molecule has 2 nitrogen and oxygen atoms in total. The molecule has 0 unspecified atom stereocenters. The maximum Gasteiger partial charge on any atom is 0.110 e. The van der Waals surface area contributed by atoms with Gasteiger partial charge in [0.2, 0.25) is 0 Å². The minimum atomic E-state index is 0.481. The summed E-state index contributed by atoms with van der Waals surface area (Å²) >= 11 is 7.26. The highest BCUT2D eigenvalue weighted by Crippen LogP contribution is 2.15. The molecule has 0 aliphatic rings. The van der Waals surface area contributed by atoms with E-state index in [4.69, 9.17) is 16.0 Å². The molecule has 0 aromatic carbocycles. The maximum atomic E-state index is 5.64. The summed E-state index contributed by atoms with van der Waals surface area (Å²) in [6, 6.07) is 3.83. The minimum Gasteiger partial charge on any atom is -0.469 e. The lowest BCUT2D eigenvalue weighted by atomic mass is 10.3. The van der Waals surface area contributed by atoms with Gasteiger partial charge in [0.05, 0.1) is 24.3 Å². The fraction of sp³-hybridized carbons (Fsp3) is 0.222. The topological polar surface area (TPSA) is 26.0 Å². The highest BCUT2D eigenvalue weighted by atomic mass is 35.5. The predicted molar refractivity (Wildman–Crippen MR) is 53.2 cm³/mol. The molecule has 0 spiro atoms. The second-order valence-electron chi connectivity index (χ2n) is 2.62. The number of hydrogen-bond acceptors (Lipinski definition) is 3. The number of thiazole rings is 1. The highest BCUT2D eigenvalue weighted by molar-refractivity contribution is 7.09. The molecule has 0 N–H and O–H groups in total. The normalized spacial score (nSPS) is 10.5. The van der Waals surface area contributed by atoms with Crippen LogP contribution in [0.15, 0.2) is 28.2 Å². The van der Waals surface area contributed by atoms with Crippen molar-refractivity contribution in [2.45, 2.75) is 12.3 Å². The molecule has 13 heavy (non-hydrogen) atoms. The molecule has 0 atom stereocenters. The van der Waals surface area contributed by atoms with E-state index in [0.29, 0.717) is 5.88 Å². The van der Waals surface area contributed by atoms with Crippen molar-refractivity contribution in [1.29, 1.82) is 0 Å². The molecule has 0 saturated carbocycles. The van der Waals surface area contributed by atoms with Crippen LogP contribution in [-0.2, 0) is 12.3 Å². The second-order valence-corrected chi connectivity index (χ2v) is 3.83. The first-order valence-electron chi connectivity index (χ1n) is 3.90. The average molecular weight is 214 g/mol. The zero-order valence-corrected chi connectivity index (χ0v) is 8.44. The zero-order chi connectivity index (χ0) is 9.10. The molecule has 2 rings (SSSR count). The van der Waals surface area contributed by atoms with Gasteiger partial charge in [-0.3, -0.25) is 0 Å². The molecular weight excluding hydrogens is 206 g/mol. The van der Waals surface area contributed by atoms with Crippen LogP contribution in [0.4, 0.5) is 0 Å². The molecule has 0 radical (unpaired) electrons. The Labute approximate surface area is 85.2 Å². The standard InChI is InChI=1S/C9H8ClNOS/c10-5-7-6-13-9(11-7)4-8-2-1-3-12-8/h1-3,6H,4-5H2.